The van der Waals surface area contributed by atoms with E-state index < -0.39 is 9.84 Å². The molecule has 1 N–H and O–H groups in total. The minimum Gasteiger partial charge on any atom is -0.343 e. The highest BCUT2D eigenvalue weighted by Crippen LogP contribution is 2.26. The highest BCUT2D eigenvalue weighted by Gasteiger charge is 2.34. The van der Waals surface area contributed by atoms with Gasteiger partial charge in [-0.25, -0.2) is 8.42 Å². The van der Waals surface area contributed by atoms with Crippen LogP contribution in [-0.2, 0) is 14.6 Å². The zero-order valence-electron chi connectivity index (χ0n) is 16.4. The Hall–Kier alpha value is -1.74. The SMILES string of the molecule is O=C(CN1CCN([C@H]2CCS(=O)(=O)C2)CC1)N[C@H](c1ccccc1)c1cccs1. The molecule has 2 fully saturated rings. The van der Waals surface area contributed by atoms with Crippen LogP contribution in [0.3, 0.4) is 0 Å². The molecule has 0 spiro atoms. The van der Waals surface area contributed by atoms with E-state index in [9.17, 15) is 13.2 Å². The molecule has 0 radical (unpaired) electrons. The van der Waals surface area contributed by atoms with Gasteiger partial charge in [0.25, 0.3) is 0 Å². The van der Waals surface area contributed by atoms with Crippen molar-refractivity contribution in [2.75, 3.05) is 44.2 Å². The molecule has 1 amide bonds. The van der Waals surface area contributed by atoms with Crippen molar-refractivity contribution < 1.29 is 13.2 Å². The molecule has 3 heterocycles. The molecule has 2 aliphatic rings. The van der Waals surface area contributed by atoms with Crippen LogP contribution in [0, 0.1) is 0 Å². The summed E-state index contributed by atoms with van der Waals surface area (Å²) in [5, 5.41) is 5.22. The minimum absolute atomic E-state index is 0.0177. The Bertz CT molecular complexity index is 908. The van der Waals surface area contributed by atoms with Crippen LogP contribution >= 0.6 is 11.3 Å². The Morgan fingerprint density at radius 1 is 1.10 bits per heavy atom. The lowest BCUT2D eigenvalue weighted by Crippen LogP contribution is -2.52. The highest BCUT2D eigenvalue weighted by atomic mass is 32.2. The van der Waals surface area contributed by atoms with Crippen molar-refractivity contribution in [2.24, 2.45) is 0 Å². The van der Waals surface area contributed by atoms with Crippen molar-refractivity contribution in [3.8, 4) is 0 Å². The summed E-state index contributed by atoms with van der Waals surface area (Å²) in [6.07, 6.45) is 0.738. The number of nitrogens with zero attached hydrogens (tertiary/aromatic N) is 2. The summed E-state index contributed by atoms with van der Waals surface area (Å²) in [6.45, 7) is 3.59. The first kappa shape index (κ1) is 20.5. The molecule has 1 aromatic heterocycles. The lowest BCUT2D eigenvalue weighted by atomic mass is 10.1. The Kier molecular flexibility index (Phi) is 6.34. The number of amides is 1. The summed E-state index contributed by atoms with van der Waals surface area (Å²) >= 11 is 1.64. The van der Waals surface area contributed by atoms with Gasteiger partial charge in [-0.05, 0) is 23.4 Å². The first-order valence-electron chi connectivity index (χ1n) is 10.0. The number of rotatable bonds is 6. The second-order valence-electron chi connectivity index (χ2n) is 7.80. The number of benzene rings is 1. The maximum absolute atomic E-state index is 12.8. The van der Waals surface area contributed by atoms with Crippen molar-refractivity contribution in [1.82, 2.24) is 15.1 Å². The number of hydrogen-bond acceptors (Lipinski definition) is 6. The third kappa shape index (κ3) is 5.25. The molecule has 29 heavy (non-hydrogen) atoms. The molecule has 0 aliphatic carbocycles. The van der Waals surface area contributed by atoms with Crippen LogP contribution in [-0.4, -0.2) is 74.4 Å². The number of piperazine rings is 1. The molecule has 2 saturated heterocycles. The van der Waals surface area contributed by atoms with Crippen LogP contribution in [0.2, 0.25) is 0 Å². The van der Waals surface area contributed by atoms with Crippen molar-refractivity contribution in [1.29, 1.82) is 0 Å². The fraction of sp³-hybridized carbons (Fsp3) is 0.476. The zero-order valence-corrected chi connectivity index (χ0v) is 18.0. The van der Waals surface area contributed by atoms with Crippen molar-refractivity contribution >= 4 is 27.1 Å². The Labute approximate surface area is 176 Å². The van der Waals surface area contributed by atoms with Gasteiger partial charge in [-0.1, -0.05) is 36.4 Å². The standard InChI is InChI=1S/C21H27N3O3S2/c25-20(22-21(19-7-4-13-28-19)17-5-2-1-3-6-17)15-23-9-11-24(12-10-23)18-8-14-29(26,27)16-18/h1-7,13,18,21H,8-12,14-16H2,(H,22,25)/t18-,21+/m0/s1. The molecule has 2 aliphatic heterocycles. The van der Waals surface area contributed by atoms with Gasteiger partial charge >= 0.3 is 0 Å². The average Bonchev–Trinajstić information content (AvgIpc) is 3.37. The van der Waals surface area contributed by atoms with E-state index in [1.54, 1.807) is 11.3 Å². The third-order valence-electron chi connectivity index (χ3n) is 5.76. The van der Waals surface area contributed by atoms with E-state index in [1.165, 1.54) is 0 Å². The van der Waals surface area contributed by atoms with E-state index in [0.29, 0.717) is 12.3 Å². The van der Waals surface area contributed by atoms with E-state index in [-0.39, 0.29) is 23.7 Å². The number of hydrogen-bond donors (Lipinski definition) is 1. The maximum Gasteiger partial charge on any atom is 0.234 e. The minimum atomic E-state index is -2.86. The molecule has 2 aromatic rings. The van der Waals surface area contributed by atoms with Gasteiger partial charge in [-0.2, -0.15) is 0 Å². The largest absolute Gasteiger partial charge is 0.343 e. The van der Waals surface area contributed by atoms with Gasteiger partial charge in [0.05, 0.1) is 24.1 Å². The average molecular weight is 434 g/mol. The van der Waals surface area contributed by atoms with Crippen LogP contribution in [0.15, 0.2) is 47.8 Å². The van der Waals surface area contributed by atoms with Gasteiger partial charge in [0.15, 0.2) is 9.84 Å². The monoisotopic (exact) mass is 433 g/mol. The molecule has 6 nitrogen and oxygen atoms in total. The summed E-state index contributed by atoms with van der Waals surface area (Å²) < 4.78 is 23.4. The molecule has 8 heteroatoms. The third-order valence-corrected chi connectivity index (χ3v) is 8.45. The summed E-state index contributed by atoms with van der Waals surface area (Å²) in [5.41, 5.74) is 1.08. The predicted molar refractivity (Wildman–Crippen MR) is 116 cm³/mol. The normalized spacial score (nSPS) is 23.7. The van der Waals surface area contributed by atoms with Crippen molar-refractivity contribution in [3.63, 3.8) is 0 Å². The topological polar surface area (TPSA) is 69.7 Å². The number of sulfone groups is 1. The van der Waals surface area contributed by atoms with E-state index in [4.69, 9.17) is 0 Å². The van der Waals surface area contributed by atoms with Gasteiger partial charge in [0.2, 0.25) is 5.91 Å². The van der Waals surface area contributed by atoms with Crippen LogP contribution in [0.1, 0.15) is 22.9 Å². The molecule has 156 valence electrons. The number of nitrogens with one attached hydrogen (secondary N) is 1. The van der Waals surface area contributed by atoms with Gasteiger partial charge in [0.1, 0.15) is 0 Å². The molecular formula is C21H27N3O3S2. The lowest BCUT2D eigenvalue weighted by Gasteiger charge is -2.37. The zero-order chi connectivity index (χ0) is 20.3. The molecule has 1 aromatic carbocycles. The second-order valence-corrected chi connectivity index (χ2v) is 11.0. The highest BCUT2D eigenvalue weighted by molar-refractivity contribution is 7.91. The van der Waals surface area contributed by atoms with Gasteiger partial charge < -0.3 is 5.32 Å². The summed E-state index contributed by atoms with van der Waals surface area (Å²) in [7, 11) is -2.86. The quantitative estimate of drug-likeness (QED) is 0.752. The van der Waals surface area contributed by atoms with E-state index in [1.807, 2.05) is 41.8 Å². The number of carbonyl (C=O) groups excluding carboxylic acids is 1. The first-order chi connectivity index (χ1) is 14.0. The van der Waals surface area contributed by atoms with Gasteiger partial charge in [-0.3, -0.25) is 14.6 Å². The van der Waals surface area contributed by atoms with Crippen LogP contribution in [0.4, 0.5) is 0 Å². The van der Waals surface area contributed by atoms with Gasteiger partial charge in [0, 0.05) is 37.1 Å². The Balaban J connectivity index is 1.31. The van der Waals surface area contributed by atoms with Crippen molar-refractivity contribution in [3.05, 3.63) is 58.3 Å². The maximum atomic E-state index is 12.8. The lowest BCUT2D eigenvalue weighted by molar-refractivity contribution is -0.123. The van der Waals surface area contributed by atoms with Gasteiger partial charge in [-0.15, -0.1) is 11.3 Å². The second kappa shape index (κ2) is 8.95. The Morgan fingerprint density at radius 3 is 2.48 bits per heavy atom. The molecule has 0 unspecified atom stereocenters. The fourth-order valence-electron chi connectivity index (χ4n) is 4.18. The molecular weight excluding hydrogens is 406 g/mol. The number of thiophene rings is 1. The van der Waals surface area contributed by atoms with E-state index in [0.717, 1.165) is 43.0 Å². The van der Waals surface area contributed by atoms with E-state index >= 15 is 0 Å². The van der Waals surface area contributed by atoms with Crippen LogP contribution < -0.4 is 5.32 Å². The van der Waals surface area contributed by atoms with E-state index in [2.05, 4.69) is 21.2 Å². The molecule has 0 bridgehead atoms. The summed E-state index contributed by atoms with van der Waals surface area (Å²) in [6, 6.07) is 14.1. The Morgan fingerprint density at radius 2 is 1.86 bits per heavy atom. The first-order valence-corrected chi connectivity index (χ1v) is 12.7. The fourth-order valence-corrected chi connectivity index (χ4v) is 6.74. The van der Waals surface area contributed by atoms with Crippen LogP contribution in [0.5, 0.6) is 0 Å². The molecule has 2 atom stereocenters. The van der Waals surface area contributed by atoms with Crippen LogP contribution in [0.25, 0.3) is 0 Å². The molecule has 4 rings (SSSR count). The smallest absolute Gasteiger partial charge is 0.234 e. The summed E-state index contributed by atoms with van der Waals surface area (Å²) in [5.74, 6) is 0.612. The molecule has 0 saturated carbocycles. The number of carbonyl (C=O) groups is 1. The summed E-state index contributed by atoms with van der Waals surface area (Å²) in [4.78, 5) is 18.3. The van der Waals surface area contributed by atoms with Crippen molar-refractivity contribution in [2.45, 2.75) is 18.5 Å². The predicted octanol–water partition coefficient (Wildman–Crippen LogP) is 1.76.